The molecule has 4 rings (SSSR count). The van der Waals surface area contributed by atoms with E-state index in [0.29, 0.717) is 23.0 Å². The Labute approximate surface area is 198 Å². The first-order chi connectivity index (χ1) is 16.3. The summed E-state index contributed by atoms with van der Waals surface area (Å²) in [5, 5.41) is 3.19. The molecule has 3 aromatic rings. The molecule has 5 atom stereocenters. The Kier molecular flexibility index (Phi) is 7.28. The van der Waals surface area contributed by atoms with Crippen molar-refractivity contribution in [1.82, 2.24) is 9.97 Å². The molecular weight excluding hydrogens is 461 g/mol. The highest BCUT2D eigenvalue weighted by atomic mass is 31.0. The summed E-state index contributed by atoms with van der Waals surface area (Å²) in [7, 11) is 3.94. The summed E-state index contributed by atoms with van der Waals surface area (Å²) >= 11 is 0. The number of methoxy groups -OCH3 is 1. The smallest absolute Gasteiger partial charge is 0.274 e. The van der Waals surface area contributed by atoms with Crippen molar-refractivity contribution in [3.8, 4) is 11.3 Å². The number of carbonyl (C=O) groups is 1. The average Bonchev–Trinajstić information content (AvgIpc) is 2.80. The normalized spacial score (nSPS) is 22.4. The van der Waals surface area contributed by atoms with E-state index in [2.05, 4.69) is 24.5 Å². The minimum Gasteiger partial charge on any atom is -0.377 e. The van der Waals surface area contributed by atoms with Crippen molar-refractivity contribution in [2.45, 2.75) is 37.7 Å². The summed E-state index contributed by atoms with van der Waals surface area (Å²) in [6.07, 6.45) is 2.71. The zero-order valence-electron chi connectivity index (χ0n) is 18.7. The number of ether oxygens (including phenoxy) is 2. The molecule has 7 nitrogen and oxygen atoms in total. The van der Waals surface area contributed by atoms with Gasteiger partial charge in [0, 0.05) is 30.5 Å². The lowest BCUT2D eigenvalue weighted by Gasteiger charge is -2.38. The van der Waals surface area contributed by atoms with Gasteiger partial charge in [0.25, 0.3) is 5.91 Å². The maximum absolute atomic E-state index is 14.5. The molecule has 5 unspecified atom stereocenters. The first-order valence-corrected chi connectivity index (χ1v) is 11.3. The van der Waals surface area contributed by atoms with Crippen LogP contribution in [0.4, 0.5) is 14.5 Å². The molecule has 1 aromatic carbocycles. The Hall–Kier alpha value is -2.84. The van der Waals surface area contributed by atoms with E-state index >= 15 is 0 Å². The van der Waals surface area contributed by atoms with Gasteiger partial charge in [-0.25, -0.2) is 13.8 Å². The van der Waals surface area contributed by atoms with Gasteiger partial charge < -0.3 is 20.5 Å². The van der Waals surface area contributed by atoms with Crippen LogP contribution in [0.25, 0.3) is 11.3 Å². The highest BCUT2D eigenvalue weighted by molar-refractivity contribution is 7.28. The van der Waals surface area contributed by atoms with Crippen molar-refractivity contribution in [2.24, 2.45) is 5.73 Å². The molecule has 0 bridgehead atoms. The number of nitrogens with zero attached hydrogens (tertiary/aromatic N) is 2. The van der Waals surface area contributed by atoms with Crippen LogP contribution in [0.1, 0.15) is 35.5 Å². The fourth-order valence-corrected chi connectivity index (χ4v) is 4.59. The molecule has 2 aromatic heterocycles. The van der Waals surface area contributed by atoms with Crippen LogP contribution < -0.4 is 16.4 Å². The maximum atomic E-state index is 14.5. The second kappa shape index (κ2) is 10.2. The Morgan fingerprint density at radius 3 is 2.74 bits per heavy atom. The van der Waals surface area contributed by atoms with Crippen molar-refractivity contribution in [3.63, 3.8) is 0 Å². The van der Waals surface area contributed by atoms with Crippen LogP contribution >= 0.6 is 9.24 Å². The summed E-state index contributed by atoms with van der Waals surface area (Å²) in [6, 6.07) is 8.16. The number of aromatic nitrogens is 2. The predicted octanol–water partition coefficient (Wildman–Crippen LogP) is 3.37. The Balaban J connectivity index is 1.62. The standard InChI is InChI=1S/C24H25F2N4O3P/c1-12-23(32-2)16(27)10-19(33-12)13-8-9-28-11-18(13)30-24(31)17-7-6-15(26)22(29-17)21-14(25)4-3-5-20(21)34/h3-9,11-12,16,19,23H,10,27,34H2,1-2H3,(H,30,31). The lowest BCUT2D eigenvalue weighted by Crippen LogP contribution is -2.49. The number of halogens is 2. The van der Waals surface area contributed by atoms with Crippen LogP contribution in [0.15, 0.2) is 48.8 Å². The predicted molar refractivity (Wildman–Crippen MR) is 128 cm³/mol. The van der Waals surface area contributed by atoms with E-state index < -0.39 is 17.5 Å². The summed E-state index contributed by atoms with van der Waals surface area (Å²) < 4.78 is 40.5. The summed E-state index contributed by atoms with van der Waals surface area (Å²) in [4.78, 5) is 21.3. The second-order valence-electron chi connectivity index (χ2n) is 8.08. The molecule has 1 aliphatic heterocycles. The molecule has 178 valence electrons. The van der Waals surface area contributed by atoms with Crippen molar-refractivity contribution < 1.29 is 23.0 Å². The number of hydrogen-bond acceptors (Lipinski definition) is 6. The number of carbonyl (C=O) groups excluding carboxylic acids is 1. The fourth-order valence-electron chi connectivity index (χ4n) is 4.20. The van der Waals surface area contributed by atoms with Crippen LogP contribution in [0.2, 0.25) is 0 Å². The van der Waals surface area contributed by atoms with Crippen LogP contribution in [-0.2, 0) is 9.47 Å². The van der Waals surface area contributed by atoms with Gasteiger partial charge in [-0.2, -0.15) is 0 Å². The third kappa shape index (κ3) is 4.83. The Bertz CT molecular complexity index is 1180. The monoisotopic (exact) mass is 486 g/mol. The van der Waals surface area contributed by atoms with E-state index in [1.54, 1.807) is 25.4 Å². The third-order valence-electron chi connectivity index (χ3n) is 5.83. The molecule has 1 saturated heterocycles. The third-order valence-corrected chi connectivity index (χ3v) is 6.31. The molecule has 0 radical (unpaired) electrons. The summed E-state index contributed by atoms with van der Waals surface area (Å²) in [5.41, 5.74) is 7.04. The van der Waals surface area contributed by atoms with Crippen molar-refractivity contribution >= 4 is 26.1 Å². The number of hydrogen-bond donors (Lipinski definition) is 2. The van der Waals surface area contributed by atoms with Gasteiger partial charge >= 0.3 is 0 Å². The van der Waals surface area contributed by atoms with E-state index in [0.717, 1.165) is 6.07 Å². The van der Waals surface area contributed by atoms with Gasteiger partial charge in [0.05, 0.1) is 30.2 Å². The molecule has 3 heterocycles. The average molecular weight is 486 g/mol. The highest BCUT2D eigenvalue weighted by Crippen LogP contribution is 2.35. The van der Waals surface area contributed by atoms with Crippen molar-refractivity contribution in [1.29, 1.82) is 0 Å². The molecule has 0 spiro atoms. The Morgan fingerprint density at radius 1 is 1.24 bits per heavy atom. The zero-order valence-corrected chi connectivity index (χ0v) is 19.8. The molecule has 0 saturated carbocycles. The van der Waals surface area contributed by atoms with Gasteiger partial charge in [0.2, 0.25) is 0 Å². The van der Waals surface area contributed by atoms with Gasteiger partial charge in [-0.1, -0.05) is 12.1 Å². The maximum Gasteiger partial charge on any atom is 0.274 e. The lowest BCUT2D eigenvalue weighted by atomic mass is 9.92. The van der Waals surface area contributed by atoms with Crippen LogP contribution in [0.3, 0.4) is 0 Å². The second-order valence-corrected chi connectivity index (χ2v) is 8.70. The van der Waals surface area contributed by atoms with E-state index in [1.165, 1.54) is 24.4 Å². The molecule has 3 N–H and O–H groups in total. The first-order valence-electron chi connectivity index (χ1n) is 10.7. The quantitative estimate of drug-likeness (QED) is 0.537. The number of benzene rings is 1. The van der Waals surface area contributed by atoms with Gasteiger partial charge in [-0.3, -0.25) is 9.78 Å². The lowest BCUT2D eigenvalue weighted by molar-refractivity contribution is -0.131. The van der Waals surface area contributed by atoms with Gasteiger partial charge in [0.1, 0.15) is 23.0 Å². The van der Waals surface area contributed by atoms with E-state index in [4.69, 9.17) is 15.2 Å². The van der Waals surface area contributed by atoms with Crippen molar-refractivity contribution in [3.05, 3.63) is 71.7 Å². The number of amides is 1. The molecule has 1 aliphatic rings. The molecule has 0 aliphatic carbocycles. The SMILES string of the molecule is COC1C(N)CC(c2ccncc2NC(=O)c2ccc(F)c(-c3c(F)cccc3P)n2)OC1C. The van der Waals surface area contributed by atoms with E-state index in [1.807, 2.05) is 6.92 Å². The van der Waals surface area contributed by atoms with E-state index in [-0.39, 0.29) is 41.3 Å². The minimum absolute atomic E-state index is 0.0204. The van der Waals surface area contributed by atoms with E-state index in [9.17, 15) is 13.6 Å². The number of nitrogens with two attached hydrogens (primary N) is 1. The number of pyridine rings is 2. The van der Waals surface area contributed by atoms with Crippen LogP contribution in [0, 0.1) is 11.6 Å². The molecule has 1 fully saturated rings. The van der Waals surface area contributed by atoms with Gasteiger partial charge in [-0.15, -0.1) is 9.24 Å². The highest BCUT2D eigenvalue weighted by Gasteiger charge is 2.36. The molecule has 34 heavy (non-hydrogen) atoms. The van der Waals surface area contributed by atoms with Gasteiger partial charge in [-0.05, 0) is 42.9 Å². The molecule has 1 amide bonds. The first kappa shape index (κ1) is 24.3. The number of nitrogens with one attached hydrogen (secondary N) is 1. The minimum atomic E-state index is -0.737. The molecular formula is C24H25F2N4O3P. The Morgan fingerprint density at radius 2 is 2.03 bits per heavy atom. The fraction of sp³-hybridized carbons (Fsp3) is 0.292. The topological polar surface area (TPSA) is 99.4 Å². The summed E-state index contributed by atoms with van der Waals surface area (Å²) in [6.45, 7) is 1.88. The number of rotatable bonds is 5. The largest absolute Gasteiger partial charge is 0.377 e. The van der Waals surface area contributed by atoms with Crippen LogP contribution in [-0.4, -0.2) is 41.2 Å². The zero-order chi connectivity index (χ0) is 24.4. The van der Waals surface area contributed by atoms with Crippen molar-refractivity contribution in [2.75, 3.05) is 12.4 Å². The molecule has 10 heteroatoms. The summed E-state index contributed by atoms with van der Waals surface area (Å²) in [5.74, 6) is -1.97. The van der Waals surface area contributed by atoms with Crippen LogP contribution in [0.5, 0.6) is 0 Å². The van der Waals surface area contributed by atoms with Gasteiger partial charge in [0.15, 0.2) is 0 Å². The number of anilines is 1.